The monoisotopic (exact) mass is 262 g/mol. The Labute approximate surface area is 114 Å². The Morgan fingerprint density at radius 1 is 1.37 bits per heavy atom. The minimum absolute atomic E-state index is 0.261. The minimum Gasteiger partial charge on any atom is -0.465 e. The summed E-state index contributed by atoms with van der Waals surface area (Å²) in [5.41, 5.74) is 1.65. The molecule has 1 atom stereocenters. The summed E-state index contributed by atoms with van der Waals surface area (Å²) in [5.74, 6) is -0.261. The first kappa shape index (κ1) is 13.9. The Morgan fingerprint density at radius 3 is 2.95 bits per heavy atom. The Balaban J connectivity index is 2.30. The SMILES string of the molecule is COC(=O)c1ccccc1N1CCCNCCC1C. The van der Waals surface area contributed by atoms with Gasteiger partial charge in [-0.2, -0.15) is 0 Å². The molecule has 104 valence electrons. The summed E-state index contributed by atoms with van der Waals surface area (Å²) in [7, 11) is 1.43. The standard InChI is InChI=1S/C15H22N2O2/c1-12-8-10-16-9-5-11-17(12)14-7-4-3-6-13(14)15(18)19-2/h3-4,6-7,12,16H,5,8-11H2,1-2H3. The lowest BCUT2D eigenvalue weighted by molar-refractivity contribution is 0.0601. The lowest BCUT2D eigenvalue weighted by Crippen LogP contribution is -2.40. The zero-order chi connectivity index (χ0) is 13.7. The van der Waals surface area contributed by atoms with Crippen LogP contribution in [0.2, 0.25) is 0 Å². The molecule has 19 heavy (non-hydrogen) atoms. The molecule has 1 N–H and O–H groups in total. The maximum atomic E-state index is 11.9. The van der Waals surface area contributed by atoms with Crippen LogP contribution in [0.5, 0.6) is 0 Å². The fourth-order valence-electron chi connectivity index (χ4n) is 2.55. The van der Waals surface area contributed by atoms with E-state index in [4.69, 9.17) is 4.74 Å². The zero-order valence-corrected chi connectivity index (χ0v) is 11.7. The van der Waals surface area contributed by atoms with Crippen LogP contribution in [0.15, 0.2) is 24.3 Å². The third kappa shape index (κ3) is 3.26. The van der Waals surface area contributed by atoms with Gasteiger partial charge in [-0.3, -0.25) is 0 Å². The number of ether oxygens (including phenoxy) is 1. The van der Waals surface area contributed by atoms with Crippen molar-refractivity contribution in [3.05, 3.63) is 29.8 Å². The highest BCUT2D eigenvalue weighted by Gasteiger charge is 2.21. The van der Waals surface area contributed by atoms with Crippen molar-refractivity contribution >= 4 is 11.7 Å². The molecule has 0 aliphatic carbocycles. The molecule has 1 saturated heterocycles. The first-order valence-electron chi connectivity index (χ1n) is 6.88. The largest absolute Gasteiger partial charge is 0.465 e. The van der Waals surface area contributed by atoms with Crippen molar-refractivity contribution in [2.45, 2.75) is 25.8 Å². The van der Waals surface area contributed by atoms with Gasteiger partial charge in [0.05, 0.1) is 18.4 Å². The second-order valence-corrected chi connectivity index (χ2v) is 4.94. The number of carbonyl (C=O) groups is 1. The van der Waals surface area contributed by atoms with E-state index in [1.165, 1.54) is 7.11 Å². The lowest BCUT2D eigenvalue weighted by Gasteiger charge is -2.34. The van der Waals surface area contributed by atoms with Gasteiger partial charge >= 0.3 is 5.97 Å². The third-order valence-corrected chi connectivity index (χ3v) is 3.64. The number of methoxy groups -OCH3 is 1. The van der Waals surface area contributed by atoms with Crippen molar-refractivity contribution in [2.24, 2.45) is 0 Å². The smallest absolute Gasteiger partial charge is 0.339 e. The van der Waals surface area contributed by atoms with Crippen molar-refractivity contribution in [1.29, 1.82) is 0 Å². The third-order valence-electron chi connectivity index (χ3n) is 3.64. The molecular weight excluding hydrogens is 240 g/mol. The summed E-state index contributed by atoms with van der Waals surface area (Å²) >= 11 is 0. The number of anilines is 1. The molecule has 4 nitrogen and oxygen atoms in total. The Hall–Kier alpha value is -1.55. The molecule has 1 heterocycles. The maximum Gasteiger partial charge on any atom is 0.339 e. The Morgan fingerprint density at radius 2 is 2.16 bits per heavy atom. The number of esters is 1. The molecule has 2 rings (SSSR count). The number of hydrogen-bond donors (Lipinski definition) is 1. The van der Waals surface area contributed by atoms with E-state index in [1.807, 2.05) is 24.3 Å². The van der Waals surface area contributed by atoms with Crippen LogP contribution in [0.4, 0.5) is 5.69 Å². The summed E-state index contributed by atoms with van der Waals surface area (Å²) in [6.07, 6.45) is 2.16. The van der Waals surface area contributed by atoms with Crippen LogP contribution >= 0.6 is 0 Å². The molecule has 1 unspecified atom stereocenters. The number of nitrogens with one attached hydrogen (secondary N) is 1. The summed E-state index contributed by atoms with van der Waals surface area (Å²) in [6, 6.07) is 8.12. The molecule has 1 aliphatic rings. The Kier molecular flexibility index (Phi) is 4.80. The van der Waals surface area contributed by atoms with Crippen LogP contribution in [-0.4, -0.2) is 38.8 Å². The van der Waals surface area contributed by atoms with Gasteiger partial charge in [-0.25, -0.2) is 4.79 Å². The highest BCUT2D eigenvalue weighted by molar-refractivity contribution is 5.95. The van der Waals surface area contributed by atoms with Gasteiger partial charge in [0.15, 0.2) is 0 Å². The Bertz CT molecular complexity index is 434. The molecule has 0 radical (unpaired) electrons. The van der Waals surface area contributed by atoms with Crippen molar-refractivity contribution in [2.75, 3.05) is 31.6 Å². The van der Waals surface area contributed by atoms with Gasteiger partial charge in [0, 0.05) is 12.6 Å². The number of hydrogen-bond acceptors (Lipinski definition) is 4. The van der Waals surface area contributed by atoms with Gasteiger partial charge in [-0.05, 0) is 45.0 Å². The molecule has 0 bridgehead atoms. The summed E-state index contributed by atoms with van der Waals surface area (Å²) in [5, 5.41) is 3.42. The quantitative estimate of drug-likeness (QED) is 0.828. The fourth-order valence-corrected chi connectivity index (χ4v) is 2.55. The average molecular weight is 262 g/mol. The number of carbonyl (C=O) groups excluding carboxylic acids is 1. The van der Waals surface area contributed by atoms with E-state index >= 15 is 0 Å². The van der Waals surface area contributed by atoms with Crippen LogP contribution in [0, 0.1) is 0 Å². The zero-order valence-electron chi connectivity index (χ0n) is 11.7. The van der Waals surface area contributed by atoms with Gasteiger partial charge in [0.25, 0.3) is 0 Å². The van der Waals surface area contributed by atoms with E-state index in [9.17, 15) is 4.79 Å². The highest BCUT2D eigenvalue weighted by Crippen LogP contribution is 2.25. The summed E-state index contributed by atoms with van der Waals surface area (Å²) < 4.78 is 4.88. The first-order valence-corrected chi connectivity index (χ1v) is 6.88. The predicted molar refractivity (Wildman–Crippen MR) is 76.7 cm³/mol. The average Bonchev–Trinajstić information content (AvgIpc) is 2.43. The number of nitrogens with zero attached hydrogens (tertiary/aromatic N) is 1. The predicted octanol–water partition coefficient (Wildman–Crippen LogP) is 2.05. The first-order chi connectivity index (χ1) is 9.24. The number of para-hydroxylation sites is 1. The normalized spacial score (nSPS) is 20.5. The van der Waals surface area contributed by atoms with E-state index in [1.54, 1.807) is 0 Å². The van der Waals surface area contributed by atoms with E-state index in [-0.39, 0.29) is 5.97 Å². The van der Waals surface area contributed by atoms with Gasteiger partial charge < -0.3 is 15.0 Å². The molecule has 1 aromatic rings. The van der Waals surface area contributed by atoms with Gasteiger partial charge in [-0.15, -0.1) is 0 Å². The molecule has 1 aromatic carbocycles. The van der Waals surface area contributed by atoms with Crippen LogP contribution in [0.1, 0.15) is 30.1 Å². The fraction of sp³-hybridized carbons (Fsp3) is 0.533. The molecule has 0 amide bonds. The van der Waals surface area contributed by atoms with Crippen LogP contribution in [-0.2, 0) is 4.74 Å². The van der Waals surface area contributed by atoms with E-state index in [2.05, 4.69) is 17.1 Å². The van der Waals surface area contributed by atoms with Crippen LogP contribution in [0.3, 0.4) is 0 Å². The number of benzene rings is 1. The van der Waals surface area contributed by atoms with Crippen LogP contribution < -0.4 is 10.2 Å². The number of rotatable bonds is 2. The molecule has 1 fully saturated rings. The second-order valence-electron chi connectivity index (χ2n) is 4.94. The topological polar surface area (TPSA) is 41.6 Å². The lowest BCUT2D eigenvalue weighted by atomic mass is 10.1. The van der Waals surface area contributed by atoms with E-state index in [0.717, 1.165) is 38.2 Å². The highest BCUT2D eigenvalue weighted by atomic mass is 16.5. The van der Waals surface area contributed by atoms with E-state index < -0.39 is 0 Å². The molecular formula is C15H22N2O2. The van der Waals surface area contributed by atoms with Crippen molar-refractivity contribution in [3.8, 4) is 0 Å². The van der Waals surface area contributed by atoms with Gasteiger partial charge in [-0.1, -0.05) is 12.1 Å². The molecule has 1 aliphatic heterocycles. The van der Waals surface area contributed by atoms with Crippen molar-refractivity contribution in [3.63, 3.8) is 0 Å². The molecule has 4 heteroatoms. The molecule has 0 spiro atoms. The minimum atomic E-state index is -0.261. The summed E-state index contributed by atoms with van der Waals surface area (Å²) in [6.45, 7) is 5.23. The van der Waals surface area contributed by atoms with Gasteiger partial charge in [0.2, 0.25) is 0 Å². The van der Waals surface area contributed by atoms with Crippen LogP contribution in [0.25, 0.3) is 0 Å². The van der Waals surface area contributed by atoms with Gasteiger partial charge in [0.1, 0.15) is 0 Å². The molecule has 0 saturated carbocycles. The maximum absolute atomic E-state index is 11.9. The van der Waals surface area contributed by atoms with E-state index in [0.29, 0.717) is 11.6 Å². The second kappa shape index (κ2) is 6.57. The summed E-state index contributed by atoms with van der Waals surface area (Å²) in [4.78, 5) is 14.2. The van der Waals surface area contributed by atoms with Crippen molar-refractivity contribution < 1.29 is 9.53 Å². The molecule has 0 aromatic heterocycles. The van der Waals surface area contributed by atoms with Crippen molar-refractivity contribution in [1.82, 2.24) is 5.32 Å².